The van der Waals surface area contributed by atoms with Crippen molar-refractivity contribution >= 4 is 33.0 Å². The zero-order chi connectivity index (χ0) is 13.9. The van der Waals surface area contributed by atoms with E-state index in [-0.39, 0.29) is 5.78 Å². The molecule has 3 nitrogen and oxygen atoms in total. The van der Waals surface area contributed by atoms with Crippen molar-refractivity contribution in [3.63, 3.8) is 0 Å². The average Bonchev–Trinajstić information content (AvgIpc) is 3.09. The van der Waals surface area contributed by atoms with Crippen molar-refractivity contribution in [2.75, 3.05) is 0 Å². The van der Waals surface area contributed by atoms with Crippen molar-refractivity contribution < 1.29 is 4.79 Å². The van der Waals surface area contributed by atoms with Crippen LogP contribution >= 0.6 is 27.3 Å². The number of Topliss-reactive ketones (excluding diaryl/α,β-unsaturated/α-hetero) is 1. The number of carbonyl (C=O) groups is 1. The first-order valence-electron chi connectivity index (χ1n) is 6.11. The molecule has 0 fully saturated rings. The number of rotatable bonds is 4. The van der Waals surface area contributed by atoms with Crippen LogP contribution in [-0.4, -0.2) is 15.6 Å². The molecule has 2 aromatic heterocycles. The first-order chi connectivity index (χ1) is 9.72. The molecule has 100 valence electrons. The average molecular weight is 347 g/mol. The molecule has 1 aromatic carbocycles. The third kappa shape index (κ3) is 2.89. The highest BCUT2D eigenvalue weighted by atomic mass is 79.9. The topological polar surface area (TPSA) is 34.9 Å². The Bertz CT molecular complexity index is 733. The minimum atomic E-state index is 0.0361. The lowest BCUT2D eigenvalue weighted by Gasteiger charge is -1.99. The maximum atomic E-state index is 12.2. The van der Waals surface area contributed by atoms with Crippen LogP contribution in [0.3, 0.4) is 0 Å². The van der Waals surface area contributed by atoms with Gasteiger partial charge in [0.05, 0.1) is 9.47 Å². The number of hydrogen-bond acceptors (Lipinski definition) is 3. The molecule has 0 aliphatic heterocycles. The molecular weight excluding hydrogens is 336 g/mol. The summed E-state index contributed by atoms with van der Waals surface area (Å²) in [5, 5.41) is 4.34. The third-order valence-corrected chi connectivity index (χ3v) is 4.48. The van der Waals surface area contributed by atoms with Crippen LogP contribution in [0.4, 0.5) is 0 Å². The maximum absolute atomic E-state index is 12.2. The van der Waals surface area contributed by atoms with Gasteiger partial charge in [-0.05, 0) is 46.3 Å². The number of aromatic nitrogens is 2. The fourth-order valence-corrected chi connectivity index (χ4v) is 3.37. The lowest BCUT2D eigenvalue weighted by Crippen LogP contribution is -2.04. The minimum absolute atomic E-state index is 0.0361. The van der Waals surface area contributed by atoms with Gasteiger partial charge in [-0.15, -0.1) is 11.3 Å². The van der Waals surface area contributed by atoms with Gasteiger partial charge in [-0.2, -0.15) is 5.10 Å². The van der Waals surface area contributed by atoms with Crippen LogP contribution in [0.2, 0.25) is 0 Å². The summed E-state index contributed by atoms with van der Waals surface area (Å²) in [7, 11) is 0. The number of halogens is 1. The maximum Gasteiger partial charge on any atom is 0.188 e. The van der Waals surface area contributed by atoms with Crippen LogP contribution in [0.25, 0.3) is 5.69 Å². The Kier molecular flexibility index (Phi) is 3.80. The number of thiophene rings is 1. The van der Waals surface area contributed by atoms with Gasteiger partial charge in [-0.3, -0.25) is 4.79 Å². The molecule has 0 aliphatic rings. The Hall–Kier alpha value is -1.72. The van der Waals surface area contributed by atoms with Crippen LogP contribution in [0.1, 0.15) is 15.4 Å². The Labute approximate surface area is 129 Å². The predicted molar refractivity (Wildman–Crippen MR) is 83.6 cm³/mol. The van der Waals surface area contributed by atoms with E-state index in [9.17, 15) is 4.79 Å². The molecule has 0 spiro atoms. The minimum Gasteiger partial charge on any atom is -0.292 e. The van der Waals surface area contributed by atoms with Gasteiger partial charge in [0, 0.05) is 17.5 Å². The van der Waals surface area contributed by atoms with E-state index in [0.29, 0.717) is 12.1 Å². The second-order valence-corrected chi connectivity index (χ2v) is 6.83. The molecule has 20 heavy (non-hydrogen) atoms. The molecule has 3 rings (SSSR count). The molecule has 0 radical (unpaired) electrons. The van der Waals surface area contributed by atoms with Gasteiger partial charge in [-0.25, -0.2) is 4.68 Å². The largest absolute Gasteiger partial charge is 0.292 e. The van der Waals surface area contributed by atoms with E-state index < -0.39 is 0 Å². The lowest BCUT2D eigenvalue weighted by atomic mass is 10.2. The van der Waals surface area contributed by atoms with E-state index in [2.05, 4.69) is 21.0 Å². The van der Waals surface area contributed by atoms with E-state index in [4.69, 9.17) is 0 Å². The quantitative estimate of drug-likeness (QED) is 0.666. The molecule has 0 atom stereocenters. The Balaban J connectivity index is 1.78. The molecular formula is C15H11BrN2OS. The smallest absolute Gasteiger partial charge is 0.188 e. The van der Waals surface area contributed by atoms with Crippen molar-refractivity contribution in [1.82, 2.24) is 9.78 Å². The fourth-order valence-electron chi connectivity index (χ4n) is 1.89. The van der Waals surface area contributed by atoms with Crippen molar-refractivity contribution in [2.24, 2.45) is 0 Å². The number of benzene rings is 1. The SMILES string of the molecule is O=C(Cc1ccc(Br)s1)c1ccn(-c2ccccc2)n1. The molecule has 0 saturated carbocycles. The van der Waals surface area contributed by atoms with E-state index >= 15 is 0 Å². The Morgan fingerprint density at radius 3 is 2.65 bits per heavy atom. The normalized spacial score (nSPS) is 10.7. The van der Waals surface area contributed by atoms with Crippen molar-refractivity contribution in [1.29, 1.82) is 0 Å². The van der Waals surface area contributed by atoms with Crippen molar-refractivity contribution in [3.05, 3.63) is 69.1 Å². The van der Waals surface area contributed by atoms with Gasteiger partial charge in [0.25, 0.3) is 0 Å². The zero-order valence-electron chi connectivity index (χ0n) is 10.5. The number of ketones is 1. The van der Waals surface area contributed by atoms with Gasteiger partial charge in [0.2, 0.25) is 0 Å². The van der Waals surface area contributed by atoms with Gasteiger partial charge in [0.15, 0.2) is 5.78 Å². The second kappa shape index (κ2) is 5.73. The zero-order valence-corrected chi connectivity index (χ0v) is 12.9. The fraction of sp³-hybridized carbons (Fsp3) is 0.0667. The summed E-state index contributed by atoms with van der Waals surface area (Å²) in [6.45, 7) is 0. The molecule has 0 amide bonds. The lowest BCUT2D eigenvalue weighted by molar-refractivity contribution is 0.0988. The number of nitrogens with zero attached hydrogens (tertiary/aromatic N) is 2. The van der Waals surface area contributed by atoms with Crippen LogP contribution in [0, 0.1) is 0 Å². The molecule has 3 aromatic rings. The van der Waals surface area contributed by atoms with Gasteiger partial charge < -0.3 is 0 Å². The van der Waals surface area contributed by atoms with E-state index in [1.807, 2.05) is 48.7 Å². The highest BCUT2D eigenvalue weighted by molar-refractivity contribution is 9.11. The molecule has 0 unspecified atom stereocenters. The number of para-hydroxylation sites is 1. The molecule has 0 N–H and O–H groups in total. The molecule has 2 heterocycles. The summed E-state index contributed by atoms with van der Waals surface area (Å²) < 4.78 is 2.76. The summed E-state index contributed by atoms with van der Waals surface area (Å²) in [5.74, 6) is 0.0361. The molecule has 5 heteroatoms. The van der Waals surface area contributed by atoms with E-state index in [1.54, 1.807) is 22.1 Å². The first-order valence-corrected chi connectivity index (χ1v) is 7.72. The van der Waals surface area contributed by atoms with Gasteiger partial charge in [-0.1, -0.05) is 18.2 Å². The summed E-state index contributed by atoms with van der Waals surface area (Å²) in [5.41, 5.74) is 1.45. The summed E-state index contributed by atoms with van der Waals surface area (Å²) in [6, 6.07) is 15.4. The van der Waals surface area contributed by atoms with Crippen molar-refractivity contribution in [2.45, 2.75) is 6.42 Å². The predicted octanol–water partition coefficient (Wildman–Crippen LogP) is 4.12. The monoisotopic (exact) mass is 346 g/mol. The van der Waals surface area contributed by atoms with Crippen molar-refractivity contribution in [3.8, 4) is 5.69 Å². The number of hydrogen-bond donors (Lipinski definition) is 0. The summed E-state index contributed by atoms with van der Waals surface area (Å²) in [4.78, 5) is 13.2. The molecule has 0 aliphatic carbocycles. The highest BCUT2D eigenvalue weighted by Crippen LogP contribution is 2.23. The molecule has 0 saturated heterocycles. The van der Waals surface area contributed by atoms with Gasteiger partial charge in [0.1, 0.15) is 5.69 Å². The number of carbonyl (C=O) groups excluding carboxylic acids is 1. The van der Waals surface area contributed by atoms with E-state index in [1.165, 1.54) is 0 Å². The van der Waals surface area contributed by atoms with Crippen LogP contribution < -0.4 is 0 Å². The standard InChI is InChI=1S/C15H11BrN2OS/c16-15-7-6-12(20-15)10-14(19)13-8-9-18(17-13)11-4-2-1-3-5-11/h1-9H,10H2. The van der Waals surface area contributed by atoms with Crippen LogP contribution in [0.15, 0.2) is 58.5 Å². The summed E-state index contributed by atoms with van der Waals surface area (Å²) in [6.07, 6.45) is 2.20. The highest BCUT2D eigenvalue weighted by Gasteiger charge is 2.12. The van der Waals surface area contributed by atoms with E-state index in [0.717, 1.165) is 14.4 Å². The molecule has 0 bridgehead atoms. The first kappa shape index (κ1) is 13.3. The third-order valence-electron chi connectivity index (χ3n) is 2.86. The Morgan fingerprint density at radius 2 is 1.95 bits per heavy atom. The van der Waals surface area contributed by atoms with Gasteiger partial charge >= 0.3 is 0 Å². The summed E-state index contributed by atoms with van der Waals surface area (Å²) >= 11 is 4.98. The van der Waals surface area contributed by atoms with Crippen LogP contribution in [-0.2, 0) is 6.42 Å². The second-order valence-electron chi connectivity index (χ2n) is 4.29. The Morgan fingerprint density at radius 1 is 1.15 bits per heavy atom. The van der Waals surface area contributed by atoms with Crippen LogP contribution in [0.5, 0.6) is 0 Å².